The van der Waals surface area contributed by atoms with E-state index >= 15 is 0 Å². The van der Waals surface area contributed by atoms with Gasteiger partial charge in [0.1, 0.15) is 5.75 Å². The Bertz CT molecular complexity index is 509. The Morgan fingerprint density at radius 1 is 0.810 bits per heavy atom. The minimum Gasteiger partial charge on any atom is -0.494 e. The van der Waals surface area contributed by atoms with Gasteiger partial charge in [-0.15, -0.1) is 0 Å². The van der Waals surface area contributed by atoms with Crippen molar-refractivity contribution in [1.29, 1.82) is 0 Å². The van der Waals surface area contributed by atoms with E-state index in [1.54, 1.807) is 0 Å². The highest BCUT2D eigenvalue weighted by Gasteiger charge is 2.28. The predicted octanol–water partition coefficient (Wildman–Crippen LogP) is 5.47. The van der Waals surface area contributed by atoms with Gasteiger partial charge in [-0.25, -0.2) is 0 Å². The molecule has 0 atom stereocenters. The molecule has 1 nitrogen and oxygen atoms in total. The van der Waals surface area contributed by atoms with Gasteiger partial charge in [-0.3, -0.25) is 0 Å². The largest absolute Gasteiger partial charge is 0.494 e. The van der Waals surface area contributed by atoms with Crippen molar-refractivity contribution in [2.24, 2.45) is 5.41 Å². The first-order valence-electron chi connectivity index (χ1n) is 7.12. The molecule has 0 aliphatic rings. The number of halogens is 2. The molecule has 21 heavy (non-hydrogen) atoms. The van der Waals surface area contributed by atoms with Crippen LogP contribution in [0.2, 0.25) is 0 Å². The third kappa shape index (κ3) is 5.15. The summed E-state index contributed by atoms with van der Waals surface area (Å²) < 4.78 is 5.86. The maximum absolute atomic E-state index is 5.86. The molecule has 0 radical (unpaired) electrons. The van der Waals surface area contributed by atoms with Crippen LogP contribution in [0.4, 0.5) is 0 Å². The molecule has 2 aromatic carbocycles. The van der Waals surface area contributed by atoms with Gasteiger partial charge in [-0.05, 0) is 36.0 Å². The number of hydrogen-bond acceptors (Lipinski definition) is 1. The van der Waals surface area contributed by atoms with E-state index in [4.69, 9.17) is 4.74 Å². The lowest BCUT2D eigenvalue weighted by atomic mass is 9.83. The maximum atomic E-state index is 5.86. The summed E-state index contributed by atoms with van der Waals surface area (Å²) in [6.45, 7) is 0.730. The molecule has 3 heteroatoms. The topological polar surface area (TPSA) is 9.23 Å². The van der Waals surface area contributed by atoms with Gasteiger partial charge in [-0.2, -0.15) is 0 Å². The van der Waals surface area contributed by atoms with Crippen LogP contribution in [0.25, 0.3) is 0 Å². The Kier molecular flexibility index (Phi) is 6.78. The lowest BCUT2D eigenvalue weighted by Gasteiger charge is -2.30. The molecule has 0 saturated carbocycles. The fourth-order valence-corrected chi connectivity index (χ4v) is 4.17. The van der Waals surface area contributed by atoms with E-state index in [0.29, 0.717) is 0 Å². The summed E-state index contributed by atoms with van der Waals surface area (Å²) in [5, 5.41) is 1.91. The average molecular weight is 412 g/mol. The van der Waals surface area contributed by atoms with E-state index < -0.39 is 0 Å². The molecule has 112 valence electrons. The summed E-state index contributed by atoms with van der Waals surface area (Å²) in [5.74, 6) is 0.940. The molecule has 0 aliphatic heterocycles. The van der Waals surface area contributed by atoms with Crippen LogP contribution in [0.1, 0.15) is 12.0 Å². The van der Waals surface area contributed by atoms with Crippen molar-refractivity contribution >= 4 is 31.9 Å². The Hall–Kier alpha value is -0.800. The maximum Gasteiger partial charge on any atom is 0.119 e. The zero-order chi connectivity index (χ0) is 15.0. The summed E-state index contributed by atoms with van der Waals surface area (Å²) >= 11 is 7.38. The normalized spacial score (nSPS) is 11.3. The van der Waals surface area contributed by atoms with Crippen molar-refractivity contribution in [1.82, 2.24) is 0 Å². The molecular weight excluding hydrogens is 392 g/mol. The van der Waals surface area contributed by atoms with E-state index in [1.165, 1.54) is 5.56 Å². The molecule has 0 saturated heterocycles. The first-order valence-corrected chi connectivity index (χ1v) is 9.36. The molecule has 0 aliphatic carbocycles. The first-order chi connectivity index (χ1) is 10.3. The van der Waals surface area contributed by atoms with Crippen LogP contribution in [0, 0.1) is 5.41 Å². The standard InChI is InChI=1S/C18H20Br2O/c19-14-18(15-20,13-16-7-3-1-4-8-16)11-12-21-17-9-5-2-6-10-17/h1-10H,11-15H2. The van der Waals surface area contributed by atoms with Crippen molar-refractivity contribution in [2.75, 3.05) is 17.3 Å². The highest BCUT2D eigenvalue weighted by Crippen LogP contribution is 2.32. The van der Waals surface area contributed by atoms with E-state index in [2.05, 4.69) is 62.2 Å². The van der Waals surface area contributed by atoms with Crippen molar-refractivity contribution < 1.29 is 4.74 Å². The fourth-order valence-electron chi connectivity index (χ4n) is 2.28. The zero-order valence-corrected chi connectivity index (χ0v) is 15.1. The molecule has 0 bridgehead atoms. The zero-order valence-electron chi connectivity index (χ0n) is 12.0. The van der Waals surface area contributed by atoms with Crippen molar-refractivity contribution in [3.05, 3.63) is 66.2 Å². The van der Waals surface area contributed by atoms with Crippen molar-refractivity contribution in [3.8, 4) is 5.75 Å². The number of benzene rings is 2. The fraction of sp³-hybridized carbons (Fsp3) is 0.333. The van der Waals surface area contributed by atoms with E-state index in [-0.39, 0.29) is 5.41 Å². The summed E-state index contributed by atoms with van der Waals surface area (Å²) in [4.78, 5) is 0. The Morgan fingerprint density at radius 3 is 1.95 bits per heavy atom. The molecule has 0 heterocycles. The third-order valence-corrected chi connectivity index (χ3v) is 6.01. The highest BCUT2D eigenvalue weighted by molar-refractivity contribution is 9.09. The van der Waals surface area contributed by atoms with Gasteiger partial charge in [0.05, 0.1) is 6.61 Å². The van der Waals surface area contributed by atoms with Gasteiger partial charge in [0.15, 0.2) is 0 Å². The second-order valence-electron chi connectivity index (χ2n) is 5.34. The van der Waals surface area contributed by atoms with Gasteiger partial charge in [-0.1, -0.05) is 80.4 Å². The van der Waals surface area contributed by atoms with Crippen molar-refractivity contribution in [3.63, 3.8) is 0 Å². The molecule has 2 aromatic rings. The van der Waals surface area contributed by atoms with Crippen LogP contribution >= 0.6 is 31.9 Å². The number of alkyl halides is 2. The van der Waals surface area contributed by atoms with Gasteiger partial charge in [0.25, 0.3) is 0 Å². The Morgan fingerprint density at radius 2 is 1.38 bits per heavy atom. The number of para-hydroxylation sites is 1. The molecule has 0 unspecified atom stereocenters. The predicted molar refractivity (Wildman–Crippen MR) is 96.7 cm³/mol. The second kappa shape index (κ2) is 8.60. The lowest BCUT2D eigenvalue weighted by molar-refractivity contribution is 0.236. The SMILES string of the molecule is BrCC(CBr)(CCOc1ccccc1)Cc1ccccc1. The van der Waals surface area contributed by atoms with Crippen LogP contribution < -0.4 is 4.74 Å². The van der Waals surface area contributed by atoms with Crippen LogP contribution in [0.3, 0.4) is 0 Å². The minimum absolute atomic E-state index is 0.177. The van der Waals surface area contributed by atoms with Crippen LogP contribution in [-0.2, 0) is 6.42 Å². The average Bonchev–Trinajstić information content (AvgIpc) is 2.56. The molecule has 0 N–H and O–H groups in total. The summed E-state index contributed by atoms with van der Waals surface area (Å²) in [6.07, 6.45) is 2.05. The van der Waals surface area contributed by atoms with E-state index in [0.717, 1.165) is 35.9 Å². The highest BCUT2D eigenvalue weighted by atomic mass is 79.9. The molecule has 0 spiro atoms. The number of hydrogen-bond donors (Lipinski definition) is 0. The Labute approximate surface area is 144 Å². The van der Waals surface area contributed by atoms with Gasteiger partial charge in [0.2, 0.25) is 0 Å². The molecule has 0 fully saturated rings. The van der Waals surface area contributed by atoms with Gasteiger partial charge >= 0.3 is 0 Å². The smallest absolute Gasteiger partial charge is 0.119 e. The molecule has 0 aromatic heterocycles. The Balaban J connectivity index is 1.94. The van der Waals surface area contributed by atoms with Crippen LogP contribution in [0.15, 0.2) is 60.7 Å². The molecule has 2 rings (SSSR count). The molecular formula is C18H20Br2O. The van der Waals surface area contributed by atoms with E-state index in [9.17, 15) is 0 Å². The van der Waals surface area contributed by atoms with Crippen molar-refractivity contribution in [2.45, 2.75) is 12.8 Å². The van der Waals surface area contributed by atoms with Gasteiger partial charge in [0, 0.05) is 10.7 Å². The first kappa shape index (κ1) is 16.6. The minimum atomic E-state index is 0.177. The molecule has 0 amide bonds. The van der Waals surface area contributed by atoms with Crippen LogP contribution in [-0.4, -0.2) is 17.3 Å². The lowest BCUT2D eigenvalue weighted by Crippen LogP contribution is -2.30. The van der Waals surface area contributed by atoms with E-state index in [1.807, 2.05) is 30.3 Å². The monoisotopic (exact) mass is 410 g/mol. The third-order valence-electron chi connectivity index (χ3n) is 3.63. The van der Waals surface area contributed by atoms with Crippen LogP contribution in [0.5, 0.6) is 5.75 Å². The quantitative estimate of drug-likeness (QED) is 0.523. The number of ether oxygens (including phenoxy) is 1. The summed E-state index contributed by atoms with van der Waals surface area (Å²) in [5.41, 5.74) is 1.55. The summed E-state index contributed by atoms with van der Waals surface area (Å²) in [7, 11) is 0. The second-order valence-corrected chi connectivity index (χ2v) is 6.46. The number of rotatable bonds is 8. The van der Waals surface area contributed by atoms with Gasteiger partial charge < -0.3 is 4.74 Å². The summed E-state index contributed by atoms with van der Waals surface area (Å²) in [6, 6.07) is 20.7.